The van der Waals surface area contributed by atoms with Gasteiger partial charge in [0.2, 0.25) is 5.91 Å². The minimum atomic E-state index is -0.983. The molecule has 0 bridgehead atoms. The first kappa shape index (κ1) is 9.79. The van der Waals surface area contributed by atoms with E-state index in [-0.39, 0.29) is 12.3 Å². The first-order valence-electron chi connectivity index (χ1n) is 4.32. The molecule has 14 heavy (non-hydrogen) atoms. The Bertz CT molecular complexity index is 331. The largest absolute Gasteiger partial charge is 0.480 e. The van der Waals surface area contributed by atoms with E-state index in [4.69, 9.17) is 10.8 Å². The molecule has 2 atom stereocenters. The maximum atomic E-state index is 11.3. The Balaban J connectivity index is 2.39. The molecule has 5 nitrogen and oxygen atoms in total. The molecule has 0 aromatic rings. The molecule has 78 valence electrons. The van der Waals surface area contributed by atoms with Gasteiger partial charge in [0.15, 0.2) is 0 Å². The van der Waals surface area contributed by atoms with Crippen LogP contribution in [0.4, 0.5) is 0 Å². The average molecular weight is 216 g/mol. The summed E-state index contributed by atoms with van der Waals surface area (Å²) in [5, 5.41) is 9.04. The summed E-state index contributed by atoms with van der Waals surface area (Å²) in [4.78, 5) is 22.8. The van der Waals surface area contributed by atoms with Gasteiger partial charge >= 0.3 is 5.97 Å². The third-order valence-corrected chi connectivity index (χ3v) is 4.12. The summed E-state index contributed by atoms with van der Waals surface area (Å²) in [5.41, 5.74) is 5.91. The van der Waals surface area contributed by atoms with Crippen LogP contribution in [0.5, 0.6) is 0 Å². The summed E-state index contributed by atoms with van der Waals surface area (Å²) in [6.45, 7) is 3.60. The van der Waals surface area contributed by atoms with Crippen LogP contribution in [0.3, 0.4) is 0 Å². The maximum Gasteiger partial charge on any atom is 0.327 e. The Hall–Kier alpha value is -0.750. The molecule has 0 spiro atoms. The normalized spacial score (nSPS) is 39.2. The van der Waals surface area contributed by atoms with Gasteiger partial charge in [-0.05, 0) is 13.8 Å². The zero-order valence-electron chi connectivity index (χ0n) is 7.98. The first-order chi connectivity index (χ1) is 6.28. The van der Waals surface area contributed by atoms with Crippen molar-refractivity contribution in [2.45, 2.75) is 36.1 Å². The molecule has 0 aromatic heterocycles. The topological polar surface area (TPSA) is 83.6 Å². The molecule has 2 aliphatic rings. The zero-order chi connectivity index (χ0) is 10.7. The molecule has 0 saturated carbocycles. The number of hydrogen-bond acceptors (Lipinski definition) is 4. The van der Waals surface area contributed by atoms with Gasteiger partial charge in [-0.3, -0.25) is 15.4 Å². The number of hydrogen-bond donors (Lipinski definition) is 2. The number of carbonyl (C=O) groups is 2. The Morgan fingerprint density at radius 1 is 1.71 bits per heavy atom. The number of nitrogens with two attached hydrogens (primary N) is 1. The summed E-state index contributed by atoms with van der Waals surface area (Å²) >= 11 is 1.36. The molecule has 0 radical (unpaired) electrons. The zero-order valence-corrected chi connectivity index (χ0v) is 8.80. The third-order valence-electron chi connectivity index (χ3n) is 2.67. The highest BCUT2D eigenvalue weighted by Gasteiger charge is 2.66. The Morgan fingerprint density at radius 3 is 2.64 bits per heavy atom. The SMILES string of the molecule is CC1(C)S[C@]2(N)CC(=O)N2[C@H]1C(=O)O. The van der Waals surface area contributed by atoms with Gasteiger partial charge in [-0.1, -0.05) is 0 Å². The second kappa shape index (κ2) is 2.43. The van der Waals surface area contributed by atoms with Crippen LogP contribution in [0, 0.1) is 0 Å². The van der Waals surface area contributed by atoms with E-state index < -0.39 is 21.8 Å². The van der Waals surface area contributed by atoms with Crippen molar-refractivity contribution in [3.8, 4) is 0 Å². The van der Waals surface area contributed by atoms with Crippen LogP contribution in [0.25, 0.3) is 0 Å². The number of thioether (sulfide) groups is 1. The number of aliphatic carboxylic acids is 1. The van der Waals surface area contributed by atoms with Gasteiger partial charge in [-0.2, -0.15) is 0 Å². The van der Waals surface area contributed by atoms with Crippen LogP contribution < -0.4 is 5.73 Å². The Morgan fingerprint density at radius 2 is 2.29 bits per heavy atom. The highest BCUT2D eigenvalue weighted by atomic mass is 32.2. The number of β-lactam (4-membered cyclic amide) rings is 1. The van der Waals surface area contributed by atoms with E-state index in [2.05, 4.69) is 0 Å². The monoisotopic (exact) mass is 216 g/mol. The highest BCUT2D eigenvalue weighted by Crippen LogP contribution is 2.55. The van der Waals surface area contributed by atoms with Gasteiger partial charge in [0.1, 0.15) is 11.0 Å². The Kier molecular flexibility index (Phi) is 1.70. The predicted molar refractivity (Wildman–Crippen MR) is 51.5 cm³/mol. The molecule has 2 fully saturated rings. The van der Waals surface area contributed by atoms with E-state index in [9.17, 15) is 9.59 Å². The van der Waals surface area contributed by atoms with Gasteiger partial charge in [-0.25, -0.2) is 4.79 Å². The summed E-state index contributed by atoms with van der Waals surface area (Å²) < 4.78 is -0.521. The lowest BCUT2D eigenvalue weighted by molar-refractivity contribution is -0.162. The Labute approximate surface area is 85.6 Å². The van der Waals surface area contributed by atoms with Crippen molar-refractivity contribution in [3.63, 3.8) is 0 Å². The van der Waals surface area contributed by atoms with Crippen molar-refractivity contribution < 1.29 is 14.7 Å². The number of amides is 1. The van der Waals surface area contributed by atoms with E-state index >= 15 is 0 Å². The van der Waals surface area contributed by atoms with Crippen molar-refractivity contribution in [3.05, 3.63) is 0 Å². The average Bonchev–Trinajstić information content (AvgIpc) is 2.13. The van der Waals surface area contributed by atoms with Crippen LogP contribution >= 0.6 is 11.8 Å². The lowest BCUT2D eigenvalue weighted by atomic mass is 9.97. The van der Waals surface area contributed by atoms with Crippen molar-refractivity contribution in [2.75, 3.05) is 0 Å². The van der Waals surface area contributed by atoms with Crippen LogP contribution in [0.1, 0.15) is 20.3 Å². The minimum Gasteiger partial charge on any atom is -0.480 e. The van der Waals surface area contributed by atoms with Crippen molar-refractivity contribution in [1.82, 2.24) is 4.90 Å². The molecule has 2 rings (SSSR count). The quantitative estimate of drug-likeness (QED) is 0.593. The van der Waals surface area contributed by atoms with E-state index in [1.807, 2.05) is 0 Å². The molecule has 0 aliphatic carbocycles. The minimum absolute atomic E-state index is 0.169. The smallest absolute Gasteiger partial charge is 0.327 e. The lowest BCUT2D eigenvalue weighted by Gasteiger charge is -2.44. The van der Waals surface area contributed by atoms with Crippen molar-refractivity contribution >= 4 is 23.6 Å². The molecule has 0 aromatic carbocycles. The second-order valence-corrected chi connectivity index (χ2v) is 6.19. The standard InChI is InChI=1S/C8H12N2O3S/c1-7(2)5(6(12)13)10-4(11)3-8(10,9)14-7/h5H,3,9H2,1-2H3,(H,12,13)/t5-,8-/m0/s1. The van der Waals surface area contributed by atoms with Crippen molar-refractivity contribution in [2.24, 2.45) is 5.73 Å². The number of carboxylic acid groups (broad SMARTS) is 1. The number of fused-ring (bicyclic) bond motifs is 1. The molecule has 6 heteroatoms. The molecule has 2 heterocycles. The van der Waals surface area contributed by atoms with Gasteiger partial charge in [0.25, 0.3) is 0 Å². The van der Waals surface area contributed by atoms with E-state index in [1.54, 1.807) is 13.8 Å². The van der Waals surface area contributed by atoms with Gasteiger partial charge in [0, 0.05) is 4.75 Å². The van der Waals surface area contributed by atoms with E-state index in [0.717, 1.165) is 0 Å². The molecule has 2 saturated heterocycles. The molecule has 2 aliphatic heterocycles. The summed E-state index contributed by atoms with van der Waals surface area (Å²) in [6, 6.07) is -0.807. The fourth-order valence-corrected chi connectivity index (χ4v) is 3.91. The van der Waals surface area contributed by atoms with Gasteiger partial charge < -0.3 is 5.11 Å². The summed E-state index contributed by atoms with van der Waals surface area (Å²) in [6.07, 6.45) is 0.241. The van der Waals surface area contributed by atoms with Crippen LogP contribution in [0.2, 0.25) is 0 Å². The van der Waals surface area contributed by atoms with Crippen LogP contribution in [-0.4, -0.2) is 37.7 Å². The summed E-state index contributed by atoms with van der Waals surface area (Å²) in [5.74, 6) is -1.15. The maximum absolute atomic E-state index is 11.3. The molecule has 1 amide bonds. The molecule has 3 N–H and O–H groups in total. The molecule has 0 unspecified atom stereocenters. The van der Waals surface area contributed by atoms with Crippen LogP contribution in [0.15, 0.2) is 0 Å². The number of nitrogens with zero attached hydrogens (tertiary/aromatic N) is 1. The number of rotatable bonds is 1. The predicted octanol–water partition coefficient (Wildman–Crippen LogP) is -0.190. The molecular weight excluding hydrogens is 204 g/mol. The van der Waals surface area contributed by atoms with Crippen molar-refractivity contribution in [1.29, 1.82) is 0 Å². The van der Waals surface area contributed by atoms with E-state index in [1.165, 1.54) is 16.7 Å². The van der Waals surface area contributed by atoms with Gasteiger partial charge in [0.05, 0.1) is 6.42 Å². The second-order valence-electron chi connectivity index (χ2n) is 4.23. The van der Waals surface area contributed by atoms with E-state index in [0.29, 0.717) is 0 Å². The third kappa shape index (κ3) is 1.01. The number of carboxylic acids is 1. The highest BCUT2D eigenvalue weighted by molar-refractivity contribution is 8.02. The fourth-order valence-electron chi connectivity index (χ4n) is 2.18. The summed E-state index contributed by atoms with van der Waals surface area (Å²) in [7, 11) is 0. The van der Waals surface area contributed by atoms with Crippen LogP contribution in [-0.2, 0) is 9.59 Å². The number of carbonyl (C=O) groups excluding carboxylic acids is 1. The first-order valence-corrected chi connectivity index (χ1v) is 5.14. The fraction of sp³-hybridized carbons (Fsp3) is 0.750. The molecular formula is C8H12N2O3S. The lowest BCUT2D eigenvalue weighted by Crippen LogP contribution is -2.68. The van der Waals surface area contributed by atoms with Gasteiger partial charge in [-0.15, -0.1) is 11.8 Å².